The summed E-state index contributed by atoms with van der Waals surface area (Å²) in [7, 11) is 1.61. The second-order valence-corrected chi connectivity index (χ2v) is 8.26. The molecule has 3 N–H and O–H groups in total. The summed E-state index contributed by atoms with van der Waals surface area (Å²) < 4.78 is 10.2. The van der Waals surface area contributed by atoms with Gasteiger partial charge >= 0.3 is 5.97 Å². The van der Waals surface area contributed by atoms with Crippen LogP contribution in [0.4, 0.5) is 5.69 Å². The van der Waals surface area contributed by atoms with Crippen LogP contribution in [0.2, 0.25) is 0 Å². The lowest BCUT2D eigenvalue weighted by molar-refractivity contribution is -0.143. The number of nitrogens with one attached hydrogen (secondary N) is 3. The minimum Gasteiger partial charge on any atom is -0.466 e. The van der Waals surface area contributed by atoms with Gasteiger partial charge in [0.05, 0.1) is 6.61 Å². The van der Waals surface area contributed by atoms with Crippen molar-refractivity contribution in [1.82, 2.24) is 10.6 Å². The van der Waals surface area contributed by atoms with Crippen LogP contribution in [0.1, 0.15) is 48.0 Å². The van der Waals surface area contributed by atoms with E-state index in [2.05, 4.69) is 16.0 Å². The highest BCUT2D eigenvalue weighted by atomic mass is 32.1. The fourth-order valence-corrected chi connectivity index (χ4v) is 3.41. The maximum absolute atomic E-state index is 12.2. The van der Waals surface area contributed by atoms with E-state index in [9.17, 15) is 14.4 Å². The minimum absolute atomic E-state index is 0.121. The predicted molar refractivity (Wildman–Crippen MR) is 139 cm³/mol. The molecule has 2 amide bonds. The molecule has 0 aliphatic carbocycles. The summed E-state index contributed by atoms with van der Waals surface area (Å²) in [4.78, 5) is 36.2. The number of aryl methyl sites for hydroxylation is 1. The Hall–Kier alpha value is -3.30. The Labute approximate surface area is 211 Å². The van der Waals surface area contributed by atoms with E-state index in [-0.39, 0.29) is 35.7 Å². The fourth-order valence-electron chi connectivity index (χ4n) is 3.18. The molecule has 0 spiro atoms. The molecule has 2 aromatic rings. The van der Waals surface area contributed by atoms with Crippen molar-refractivity contribution in [1.29, 1.82) is 0 Å². The van der Waals surface area contributed by atoms with E-state index in [1.165, 1.54) is 5.56 Å². The van der Waals surface area contributed by atoms with Crippen LogP contribution in [-0.4, -0.2) is 49.8 Å². The third kappa shape index (κ3) is 12.1. The summed E-state index contributed by atoms with van der Waals surface area (Å²) in [5.41, 5.74) is 2.26. The summed E-state index contributed by atoms with van der Waals surface area (Å²) in [5.74, 6) is -0.818. The van der Waals surface area contributed by atoms with Crippen molar-refractivity contribution < 1.29 is 23.9 Å². The second-order valence-electron chi connectivity index (χ2n) is 7.85. The summed E-state index contributed by atoms with van der Waals surface area (Å²) in [6.07, 6.45) is 3.01. The van der Waals surface area contributed by atoms with Crippen molar-refractivity contribution in [3.05, 3.63) is 65.7 Å². The number of rotatable bonds is 14. The van der Waals surface area contributed by atoms with E-state index in [0.717, 1.165) is 19.3 Å². The van der Waals surface area contributed by atoms with E-state index in [1.54, 1.807) is 31.4 Å². The smallest absolute Gasteiger partial charge is 0.305 e. The molecule has 0 unspecified atom stereocenters. The van der Waals surface area contributed by atoms with Gasteiger partial charge < -0.3 is 25.4 Å². The molecular weight excluding hydrogens is 466 g/mol. The number of hydrogen-bond acceptors (Lipinski definition) is 6. The van der Waals surface area contributed by atoms with Crippen molar-refractivity contribution >= 4 is 40.8 Å². The first kappa shape index (κ1) is 27.9. The number of anilines is 1. The van der Waals surface area contributed by atoms with E-state index in [4.69, 9.17) is 21.7 Å². The van der Waals surface area contributed by atoms with Gasteiger partial charge in [0.25, 0.3) is 5.91 Å². The number of ether oxygens (including phenoxy) is 2. The first-order valence-electron chi connectivity index (χ1n) is 11.7. The molecule has 8 nitrogen and oxygen atoms in total. The Morgan fingerprint density at radius 3 is 2.49 bits per heavy atom. The molecule has 0 bridgehead atoms. The van der Waals surface area contributed by atoms with Crippen LogP contribution < -0.4 is 16.0 Å². The molecule has 0 aliphatic rings. The van der Waals surface area contributed by atoms with Crippen molar-refractivity contribution in [2.75, 3.05) is 32.2 Å². The third-order valence-electron chi connectivity index (χ3n) is 4.95. The zero-order valence-electron chi connectivity index (χ0n) is 20.0. The van der Waals surface area contributed by atoms with Gasteiger partial charge in [-0.2, -0.15) is 0 Å². The Kier molecular flexibility index (Phi) is 13.1. The monoisotopic (exact) mass is 499 g/mol. The van der Waals surface area contributed by atoms with Gasteiger partial charge in [0.1, 0.15) is 0 Å². The molecule has 0 saturated carbocycles. The molecular formula is C26H33N3O5S. The number of carbonyl (C=O) groups excluding carboxylic acids is 3. The highest BCUT2D eigenvalue weighted by Crippen LogP contribution is 2.11. The summed E-state index contributed by atoms with van der Waals surface area (Å²) >= 11 is 5.18. The van der Waals surface area contributed by atoms with Crippen molar-refractivity contribution in [2.45, 2.75) is 38.5 Å². The largest absolute Gasteiger partial charge is 0.466 e. The number of esters is 1. The quantitative estimate of drug-likeness (QED) is 0.207. The Morgan fingerprint density at radius 2 is 1.71 bits per heavy atom. The molecule has 0 aliphatic heterocycles. The Morgan fingerprint density at radius 1 is 0.914 bits per heavy atom. The lowest BCUT2D eigenvalue weighted by Crippen LogP contribution is -2.34. The van der Waals surface area contributed by atoms with Crippen molar-refractivity contribution in [2.24, 2.45) is 0 Å². The van der Waals surface area contributed by atoms with Crippen LogP contribution >= 0.6 is 12.2 Å². The number of thiocarbonyl (C=S) groups is 1. The Balaban J connectivity index is 1.61. The summed E-state index contributed by atoms with van der Waals surface area (Å²) in [6.45, 7) is 1.45. The number of methoxy groups -OCH3 is 1. The average molecular weight is 500 g/mol. The van der Waals surface area contributed by atoms with Gasteiger partial charge in [-0.3, -0.25) is 14.4 Å². The molecule has 2 aromatic carbocycles. The topological polar surface area (TPSA) is 106 Å². The van der Waals surface area contributed by atoms with Crippen molar-refractivity contribution in [3.63, 3.8) is 0 Å². The van der Waals surface area contributed by atoms with Crippen LogP contribution in [0.15, 0.2) is 54.6 Å². The molecule has 2 rings (SSSR count). The van der Waals surface area contributed by atoms with E-state index < -0.39 is 0 Å². The van der Waals surface area contributed by atoms with Gasteiger partial charge in [0, 0.05) is 44.4 Å². The van der Waals surface area contributed by atoms with Crippen molar-refractivity contribution in [3.8, 4) is 0 Å². The predicted octanol–water partition coefficient (Wildman–Crippen LogP) is 3.61. The molecule has 9 heteroatoms. The first-order valence-corrected chi connectivity index (χ1v) is 12.1. The number of carbonyl (C=O) groups is 3. The van der Waals surface area contributed by atoms with Gasteiger partial charge in [-0.1, -0.05) is 36.4 Å². The second kappa shape index (κ2) is 16.3. The van der Waals surface area contributed by atoms with Gasteiger partial charge in [0.15, 0.2) is 5.11 Å². The van der Waals surface area contributed by atoms with E-state index >= 15 is 0 Å². The minimum atomic E-state index is -0.316. The molecule has 0 fully saturated rings. The van der Waals surface area contributed by atoms with Gasteiger partial charge in [-0.25, -0.2) is 0 Å². The first-order chi connectivity index (χ1) is 17.0. The average Bonchev–Trinajstić information content (AvgIpc) is 2.85. The lowest BCUT2D eigenvalue weighted by atomic mass is 10.1. The maximum Gasteiger partial charge on any atom is 0.305 e. The van der Waals surface area contributed by atoms with Crippen LogP contribution in [0, 0.1) is 0 Å². The van der Waals surface area contributed by atoms with Crippen LogP contribution in [0.25, 0.3) is 0 Å². The number of hydrogen-bond donors (Lipinski definition) is 3. The van der Waals surface area contributed by atoms with Crippen LogP contribution in [0.5, 0.6) is 0 Å². The SMILES string of the molecule is COCCCNC(=O)c1cccc(NC(=S)NC(=O)CCCC(=O)OCCCc2ccccc2)c1. The standard InChI is InChI=1S/C26H33N3O5S/c1-33-17-8-16-27-25(32)21-12-5-13-22(19-21)28-26(35)29-23(30)14-6-15-24(31)34-18-7-11-20-9-3-2-4-10-20/h2-5,9-10,12-13,19H,6-8,11,14-18H2,1H3,(H,27,32)(H2,28,29,30,35). The molecule has 0 radical (unpaired) electrons. The lowest BCUT2D eigenvalue weighted by Gasteiger charge is -2.11. The highest BCUT2D eigenvalue weighted by molar-refractivity contribution is 7.80. The summed E-state index contributed by atoms with van der Waals surface area (Å²) in [5, 5.41) is 8.42. The van der Waals surface area contributed by atoms with Gasteiger partial charge in [-0.05, 0) is 61.7 Å². The molecule has 0 heterocycles. The highest BCUT2D eigenvalue weighted by Gasteiger charge is 2.10. The Bertz CT molecular complexity index is 968. The fraction of sp³-hybridized carbons (Fsp3) is 0.385. The van der Waals surface area contributed by atoms with Crippen LogP contribution in [0.3, 0.4) is 0 Å². The number of benzene rings is 2. The zero-order chi connectivity index (χ0) is 25.3. The summed E-state index contributed by atoms with van der Waals surface area (Å²) in [6, 6.07) is 16.8. The van der Waals surface area contributed by atoms with E-state index in [0.29, 0.717) is 37.4 Å². The molecule has 0 atom stereocenters. The molecule has 0 saturated heterocycles. The molecule has 35 heavy (non-hydrogen) atoms. The normalized spacial score (nSPS) is 10.3. The number of amides is 2. The molecule has 0 aromatic heterocycles. The van der Waals surface area contributed by atoms with Gasteiger partial charge in [-0.15, -0.1) is 0 Å². The van der Waals surface area contributed by atoms with Crippen LogP contribution in [-0.2, 0) is 25.5 Å². The maximum atomic E-state index is 12.2. The zero-order valence-corrected chi connectivity index (χ0v) is 20.8. The van der Waals surface area contributed by atoms with E-state index in [1.807, 2.05) is 30.3 Å². The van der Waals surface area contributed by atoms with Gasteiger partial charge in [0.2, 0.25) is 5.91 Å². The third-order valence-corrected chi connectivity index (χ3v) is 5.15. The molecule has 188 valence electrons.